The minimum absolute atomic E-state index is 0.0356. The number of benzene rings is 1. The zero-order valence-electron chi connectivity index (χ0n) is 9.45. The molecule has 0 bridgehead atoms. The summed E-state index contributed by atoms with van der Waals surface area (Å²) < 4.78 is 10.6. The van der Waals surface area contributed by atoms with Gasteiger partial charge in [0.2, 0.25) is 0 Å². The van der Waals surface area contributed by atoms with E-state index in [-0.39, 0.29) is 5.78 Å². The summed E-state index contributed by atoms with van der Waals surface area (Å²) in [6.45, 7) is 0. The van der Waals surface area contributed by atoms with Gasteiger partial charge >= 0.3 is 0 Å². The topological polar surface area (TPSA) is 35.5 Å². The average Bonchev–Trinajstić information content (AvgIpc) is 2.50. The Bertz CT molecular complexity index is 447. The fraction of sp³-hybridized carbons (Fsp3) is 0.308. The summed E-state index contributed by atoms with van der Waals surface area (Å²) in [5.41, 5.74) is 1.66. The number of fused-ring (bicyclic) bond motifs is 1. The standard InChI is InChI=1S/C13H14O3/c1-15-12-8-7-9-10(13(12)16-2)5-3-4-6-11(9)14/h4,6-8H,3,5H2,1-2H3. The second-order valence-electron chi connectivity index (χ2n) is 3.63. The van der Waals surface area contributed by atoms with E-state index in [4.69, 9.17) is 9.47 Å². The van der Waals surface area contributed by atoms with Crippen LogP contribution in [0.15, 0.2) is 24.3 Å². The van der Waals surface area contributed by atoms with Gasteiger partial charge in [0.15, 0.2) is 17.3 Å². The van der Waals surface area contributed by atoms with Crippen LogP contribution in [0.2, 0.25) is 0 Å². The minimum Gasteiger partial charge on any atom is -0.493 e. The smallest absolute Gasteiger partial charge is 0.185 e. The molecule has 2 rings (SSSR count). The summed E-state index contributed by atoms with van der Waals surface area (Å²) in [5.74, 6) is 1.39. The van der Waals surface area contributed by atoms with Crippen LogP contribution in [0.5, 0.6) is 11.5 Å². The number of ketones is 1. The molecule has 0 heterocycles. The molecule has 16 heavy (non-hydrogen) atoms. The Morgan fingerprint density at radius 1 is 1.19 bits per heavy atom. The lowest BCUT2D eigenvalue weighted by atomic mass is 10.0. The van der Waals surface area contributed by atoms with Crippen molar-refractivity contribution in [1.82, 2.24) is 0 Å². The molecule has 0 aromatic heterocycles. The molecule has 0 N–H and O–H groups in total. The quantitative estimate of drug-likeness (QED) is 0.764. The fourth-order valence-electron chi connectivity index (χ4n) is 1.98. The Morgan fingerprint density at radius 2 is 2.00 bits per heavy atom. The zero-order chi connectivity index (χ0) is 11.5. The molecule has 1 aliphatic rings. The van der Waals surface area contributed by atoms with E-state index in [0.29, 0.717) is 17.1 Å². The van der Waals surface area contributed by atoms with Crippen LogP contribution in [0.3, 0.4) is 0 Å². The zero-order valence-corrected chi connectivity index (χ0v) is 9.45. The Balaban J connectivity index is 2.60. The number of hydrogen-bond acceptors (Lipinski definition) is 3. The van der Waals surface area contributed by atoms with Gasteiger partial charge in [0.25, 0.3) is 0 Å². The maximum Gasteiger partial charge on any atom is 0.185 e. The highest BCUT2D eigenvalue weighted by atomic mass is 16.5. The van der Waals surface area contributed by atoms with Gasteiger partial charge in [0.1, 0.15) is 0 Å². The number of carbonyl (C=O) groups is 1. The third-order valence-electron chi connectivity index (χ3n) is 2.74. The SMILES string of the molecule is COc1ccc2c(c1OC)CCC=CC2=O. The van der Waals surface area contributed by atoms with Gasteiger partial charge in [0, 0.05) is 11.1 Å². The van der Waals surface area contributed by atoms with Crippen molar-refractivity contribution >= 4 is 5.78 Å². The van der Waals surface area contributed by atoms with Gasteiger partial charge in [-0.3, -0.25) is 4.79 Å². The highest BCUT2D eigenvalue weighted by Crippen LogP contribution is 2.35. The maximum absolute atomic E-state index is 11.8. The van der Waals surface area contributed by atoms with E-state index in [9.17, 15) is 4.79 Å². The van der Waals surface area contributed by atoms with Crippen LogP contribution in [-0.4, -0.2) is 20.0 Å². The van der Waals surface area contributed by atoms with E-state index >= 15 is 0 Å². The van der Waals surface area contributed by atoms with Gasteiger partial charge in [0.05, 0.1) is 14.2 Å². The first-order valence-electron chi connectivity index (χ1n) is 5.22. The van der Waals surface area contributed by atoms with Gasteiger partial charge < -0.3 is 9.47 Å². The Kier molecular flexibility index (Phi) is 2.95. The number of methoxy groups -OCH3 is 2. The van der Waals surface area contributed by atoms with Crippen molar-refractivity contribution in [3.8, 4) is 11.5 Å². The fourth-order valence-corrected chi connectivity index (χ4v) is 1.98. The summed E-state index contributed by atoms with van der Waals surface area (Å²) >= 11 is 0. The predicted octanol–water partition coefficient (Wildman–Crippen LogP) is 2.39. The Hall–Kier alpha value is -1.77. The molecule has 0 spiro atoms. The maximum atomic E-state index is 11.8. The van der Waals surface area contributed by atoms with E-state index in [1.54, 1.807) is 32.4 Å². The van der Waals surface area contributed by atoms with E-state index < -0.39 is 0 Å². The van der Waals surface area contributed by atoms with Crippen LogP contribution in [0, 0.1) is 0 Å². The second-order valence-corrected chi connectivity index (χ2v) is 3.63. The van der Waals surface area contributed by atoms with Crippen molar-refractivity contribution in [2.45, 2.75) is 12.8 Å². The molecule has 0 saturated heterocycles. The summed E-state index contributed by atoms with van der Waals surface area (Å²) in [6, 6.07) is 3.57. The molecule has 1 aromatic carbocycles. The lowest BCUT2D eigenvalue weighted by molar-refractivity contribution is 0.104. The van der Waals surface area contributed by atoms with Crippen LogP contribution in [-0.2, 0) is 6.42 Å². The summed E-state index contributed by atoms with van der Waals surface area (Å²) in [7, 11) is 3.20. The Labute approximate surface area is 94.7 Å². The molecule has 0 unspecified atom stereocenters. The number of rotatable bonds is 2. The molecule has 3 nitrogen and oxygen atoms in total. The summed E-state index contributed by atoms with van der Waals surface area (Å²) in [4.78, 5) is 11.8. The van der Waals surface area contributed by atoms with Gasteiger partial charge in [-0.05, 0) is 31.1 Å². The molecular formula is C13H14O3. The summed E-state index contributed by atoms with van der Waals surface area (Å²) in [6.07, 6.45) is 5.17. The number of allylic oxidation sites excluding steroid dienone is 2. The normalized spacial score (nSPS) is 14.2. The van der Waals surface area contributed by atoms with E-state index in [0.717, 1.165) is 18.4 Å². The van der Waals surface area contributed by atoms with Crippen molar-refractivity contribution < 1.29 is 14.3 Å². The molecule has 1 aromatic rings. The number of carbonyl (C=O) groups excluding carboxylic acids is 1. The molecule has 1 aliphatic carbocycles. The van der Waals surface area contributed by atoms with Gasteiger partial charge in [-0.2, -0.15) is 0 Å². The molecule has 0 aliphatic heterocycles. The van der Waals surface area contributed by atoms with Crippen LogP contribution < -0.4 is 9.47 Å². The molecule has 0 amide bonds. The van der Waals surface area contributed by atoms with Crippen LogP contribution in [0.1, 0.15) is 22.3 Å². The predicted molar refractivity (Wildman–Crippen MR) is 61.3 cm³/mol. The van der Waals surface area contributed by atoms with E-state index in [2.05, 4.69) is 0 Å². The van der Waals surface area contributed by atoms with Gasteiger partial charge in [-0.25, -0.2) is 0 Å². The third kappa shape index (κ3) is 1.69. The van der Waals surface area contributed by atoms with Crippen molar-refractivity contribution in [2.75, 3.05) is 14.2 Å². The second kappa shape index (κ2) is 4.39. The van der Waals surface area contributed by atoms with Crippen LogP contribution in [0.4, 0.5) is 0 Å². The number of ether oxygens (including phenoxy) is 2. The first-order valence-corrected chi connectivity index (χ1v) is 5.22. The van der Waals surface area contributed by atoms with E-state index in [1.807, 2.05) is 6.08 Å². The van der Waals surface area contributed by atoms with Crippen molar-refractivity contribution in [3.63, 3.8) is 0 Å². The van der Waals surface area contributed by atoms with E-state index in [1.165, 1.54) is 0 Å². The Morgan fingerprint density at radius 3 is 2.69 bits per heavy atom. The van der Waals surface area contributed by atoms with Gasteiger partial charge in [-0.15, -0.1) is 0 Å². The van der Waals surface area contributed by atoms with Gasteiger partial charge in [-0.1, -0.05) is 6.08 Å². The molecule has 84 valence electrons. The van der Waals surface area contributed by atoms with Crippen molar-refractivity contribution in [3.05, 3.63) is 35.4 Å². The monoisotopic (exact) mass is 218 g/mol. The number of hydrogen-bond donors (Lipinski definition) is 0. The van der Waals surface area contributed by atoms with Crippen LogP contribution >= 0.6 is 0 Å². The third-order valence-corrected chi connectivity index (χ3v) is 2.74. The van der Waals surface area contributed by atoms with Crippen LogP contribution in [0.25, 0.3) is 0 Å². The molecule has 0 fully saturated rings. The lowest BCUT2D eigenvalue weighted by Gasteiger charge is -2.14. The molecule has 0 atom stereocenters. The first-order chi connectivity index (χ1) is 7.77. The lowest BCUT2D eigenvalue weighted by Crippen LogP contribution is -2.03. The first kappa shape index (κ1) is 10.7. The molecule has 0 saturated carbocycles. The average molecular weight is 218 g/mol. The molecular weight excluding hydrogens is 204 g/mol. The highest BCUT2D eigenvalue weighted by molar-refractivity contribution is 6.06. The van der Waals surface area contributed by atoms with Crippen molar-refractivity contribution in [1.29, 1.82) is 0 Å². The minimum atomic E-state index is 0.0356. The molecule has 0 radical (unpaired) electrons. The highest BCUT2D eigenvalue weighted by Gasteiger charge is 2.19. The largest absolute Gasteiger partial charge is 0.493 e. The molecule has 3 heteroatoms. The van der Waals surface area contributed by atoms with Crippen molar-refractivity contribution in [2.24, 2.45) is 0 Å². The summed E-state index contributed by atoms with van der Waals surface area (Å²) in [5, 5.41) is 0.